The predicted molar refractivity (Wildman–Crippen MR) is 76.7 cm³/mol. The lowest BCUT2D eigenvalue weighted by atomic mass is 10.1. The number of hydrogen-bond donors (Lipinski definition) is 0. The summed E-state index contributed by atoms with van der Waals surface area (Å²) in [5.41, 5.74) is 1.83. The molecule has 0 aliphatic rings. The molecule has 0 unspecified atom stereocenters. The molecule has 0 radical (unpaired) electrons. The molecule has 0 heterocycles. The fourth-order valence-electron chi connectivity index (χ4n) is 1.80. The monoisotopic (exact) mass is 292 g/mol. The van der Waals surface area contributed by atoms with Crippen LogP contribution in [0.4, 0.5) is 0 Å². The van der Waals surface area contributed by atoms with Crippen LogP contribution in [0.1, 0.15) is 11.1 Å². The zero-order chi connectivity index (χ0) is 14.8. The highest BCUT2D eigenvalue weighted by Crippen LogP contribution is 2.24. The van der Waals surface area contributed by atoms with Crippen LogP contribution in [0, 0.1) is 13.8 Å². The summed E-state index contributed by atoms with van der Waals surface area (Å²) in [6, 6.07) is 11.4. The van der Waals surface area contributed by atoms with E-state index in [-0.39, 0.29) is 4.90 Å². The molecule has 0 N–H and O–H groups in total. The van der Waals surface area contributed by atoms with Gasteiger partial charge in [0.25, 0.3) is 0 Å². The standard InChI is InChI=1S/C15H16O4S/c1-11-4-9-15(12(2)10-11)19-20(16,17)14-7-5-13(18-3)6-8-14/h4-10H,1-3H3. The Labute approximate surface area is 119 Å². The molecule has 0 fully saturated rings. The van der Waals surface area contributed by atoms with Gasteiger partial charge in [0.05, 0.1) is 7.11 Å². The Morgan fingerprint density at radius 2 is 1.60 bits per heavy atom. The van der Waals surface area contributed by atoms with E-state index >= 15 is 0 Å². The molecular weight excluding hydrogens is 276 g/mol. The highest BCUT2D eigenvalue weighted by molar-refractivity contribution is 7.87. The maximum absolute atomic E-state index is 12.2. The summed E-state index contributed by atoms with van der Waals surface area (Å²) in [6.45, 7) is 3.75. The third kappa shape index (κ3) is 3.11. The molecule has 5 heteroatoms. The summed E-state index contributed by atoms with van der Waals surface area (Å²) in [6.07, 6.45) is 0. The van der Waals surface area contributed by atoms with Crippen LogP contribution in [-0.4, -0.2) is 15.5 Å². The van der Waals surface area contributed by atoms with Gasteiger partial charge in [0, 0.05) is 0 Å². The first-order valence-electron chi connectivity index (χ1n) is 6.08. The number of methoxy groups -OCH3 is 1. The van der Waals surface area contributed by atoms with Crippen molar-refractivity contribution in [2.75, 3.05) is 7.11 Å². The maximum atomic E-state index is 12.2. The van der Waals surface area contributed by atoms with E-state index in [1.165, 1.54) is 19.2 Å². The molecule has 0 saturated carbocycles. The van der Waals surface area contributed by atoms with Crippen LogP contribution in [0.3, 0.4) is 0 Å². The van der Waals surface area contributed by atoms with Crippen LogP contribution in [0.5, 0.6) is 11.5 Å². The fourth-order valence-corrected chi connectivity index (χ4v) is 2.79. The zero-order valence-corrected chi connectivity index (χ0v) is 12.4. The van der Waals surface area contributed by atoms with Crippen molar-refractivity contribution in [3.05, 3.63) is 53.6 Å². The Morgan fingerprint density at radius 1 is 0.950 bits per heavy atom. The minimum atomic E-state index is -3.83. The molecule has 0 bridgehead atoms. The van der Waals surface area contributed by atoms with Crippen molar-refractivity contribution in [1.29, 1.82) is 0 Å². The molecule has 0 aromatic heterocycles. The van der Waals surface area contributed by atoms with Crippen LogP contribution in [0.15, 0.2) is 47.4 Å². The maximum Gasteiger partial charge on any atom is 0.339 e. The van der Waals surface area contributed by atoms with Gasteiger partial charge in [-0.25, -0.2) is 0 Å². The lowest BCUT2D eigenvalue weighted by Crippen LogP contribution is -2.10. The third-order valence-electron chi connectivity index (χ3n) is 2.88. The van der Waals surface area contributed by atoms with Gasteiger partial charge in [-0.15, -0.1) is 0 Å². The second kappa shape index (κ2) is 5.54. The van der Waals surface area contributed by atoms with Gasteiger partial charge < -0.3 is 8.92 Å². The van der Waals surface area contributed by atoms with Crippen LogP contribution in [-0.2, 0) is 10.1 Å². The van der Waals surface area contributed by atoms with Crippen molar-refractivity contribution in [2.45, 2.75) is 18.7 Å². The summed E-state index contributed by atoms with van der Waals surface area (Å²) in [4.78, 5) is 0.0956. The number of ether oxygens (including phenoxy) is 1. The lowest BCUT2D eigenvalue weighted by molar-refractivity contribution is 0.414. The van der Waals surface area contributed by atoms with E-state index < -0.39 is 10.1 Å². The smallest absolute Gasteiger partial charge is 0.339 e. The molecule has 0 aliphatic heterocycles. The SMILES string of the molecule is COc1ccc(S(=O)(=O)Oc2ccc(C)cc2C)cc1. The molecule has 2 aromatic rings. The fraction of sp³-hybridized carbons (Fsp3) is 0.200. The molecule has 0 atom stereocenters. The van der Waals surface area contributed by atoms with Gasteiger partial charge in [-0.1, -0.05) is 17.7 Å². The number of aryl methyl sites for hydroxylation is 2. The average molecular weight is 292 g/mol. The van der Waals surface area contributed by atoms with E-state index in [1.54, 1.807) is 18.2 Å². The van der Waals surface area contributed by atoms with Crippen molar-refractivity contribution in [3.63, 3.8) is 0 Å². The molecule has 2 rings (SSSR count). The highest BCUT2D eigenvalue weighted by atomic mass is 32.2. The van der Waals surface area contributed by atoms with Crippen LogP contribution in [0.25, 0.3) is 0 Å². The van der Waals surface area contributed by atoms with E-state index in [2.05, 4.69) is 0 Å². The summed E-state index contributed by atoms with van der Waals surface area (Å²) in [7, 11) is -2.31. The van der Waals surface area contributed by atoms with Gasteiger partial charge in [-0.3, -0.25) is 0 Å². The number of benzene rings is 2. The molecule has 0 amide bonds. The third-order valence-corrected chi connectivity index (χ3v) is 4.13. The second-order valence-electron chi connectivity index (χ2n) is 4.48. The van der Waals surface area contributed by atoms with Crippen LogP contribution >= 0.6 is 0 Å². The Balaban J connectivity index is 2.30. The van der Waals surface area contributed by atoms with Crippen molar-refractivity contribution >= 4 is 10.1 Å². The summed E-state index contributed by atoms with van der Waals surface area (Å²) >= 11 is 0. The predicted octanol–water partition coefficient (Wildman–Crippen LogP) is 3.08. The molecule has 2 aromatic carbocycles. The Hall–Kier alpha value is -2.01. The molecular formula is C15H16O4S. The minimum Gasteiger partial charge on any atom is -0.497 e. The Kier molecular flexibility index (Phi) is 3.99. The molecule has 20 heavy (non-hydrogen) atoms. The van der Waals surface area contributed by atoms with E-state index in [9.17, 15) is 8.42 Å². The molecule has 0 spiro atoms. The summed E-state index contributed by atoms with van der Waals surface area (Å²) in [5.74, 6) is 0.932. The molecule has 0 aliphatic carbocycles. The largest absolute Gasteiger partial charge is 0.497 e. The minimum absolute atomic E-state index is 0.0956. The van der Waals surface area contributed by atoms with Crippen LogP contribution in [0.2, 0.25) is 0 Å². The van der Waals surface area contributed by atoms with Gasteiger partial charge in [0.2, 0.25) is 0 Å². The lowest BCUT2D eigenvalue weighted by Gasteiger charge is -2.10. The van der Waals surface area contributed by atoms with Gasteiger partial charge in [-0.2, -0.15) is 8.42 Å². The van der Waals surface area contributed by atoms with Gasteiger partial charge in [0.15, 0.2) is 0 Å². The second-order valence-corrected chi connectivity index (χ2v) is 6.03. The summed E-state index contributed by atoms with van der Waals surface area (Å²) in [5, 5.41) is 0. The normalized spacial score (nSPS) is 11.2. The number of hydrogen-bond acceptors (Lipinski definition) is 4. The van der Waals surface area contributed by atoms with Crippen LogP contribution < -0.4 is 8.92 Å². The number of rotatable bonds is 4. The van der Waals surface area contributed by atoms with Crippen molar-refractivity contribution in [1.82, 2.24) is 0 Å². The molecule has 4 nitrogen and oxygen atoms in total. The van der Waals surface area contributed by atoms with Crippen molar-refractivity contribution in [3.8, 4) is 11.5 Å². The first-order valence-corrected chi connectivity index (χ1v) is 7.49. The summed E-state index contributed by atoms with van der Waals surface area (Å²) < 4.78 is 34.5. The highest BCUT2D eigenvalue weighted by Gasteiger charge is 2.17. The van der Waals surface area contributed by atoms with E-state index in [0.717, 1.165) is 11.1 Å². The van der Waals surface area contributed by atoms with Gasteiger partial charge in [0.1, 0.15) is 16.4 Å². The molecule has 106 valence electrons. The molecule has 0 saturated heterocycles. The van der Waals surface area contributed by atoms with E-state index in [1.807, 2.05) is 26.0 Å². The first kappa shape index (κ1) is 14.4. The quantitative estimate of drug-likeness (QED) is 0.813. The zero-order valence-electron chi connectivity index (χ0n) is 11.6. The van der Waals surface area contributed by atoms with E-state index in [0.29, 0.717) is 11.5 Å². The van der Waals surface area contributed by atoms with Gasteiger partial charge in [-0.05, 0) is 49.7 Å². The van der Waals surface area contributed by atoms with Crippen molar-refractivity contribution < 1.29 is 17.3 Å². The average Bonchev–Trinajstić information content (AvgIpc) is 2.42. The Morgan fingerprint density at radius 3 is 2.15 bits per heavy atom. The topological polar surface area (TPSA) is 52.6 Å². The van der Waals surface area contributed by atoms with Crippen molar-refractivity contribution in [2.24, 2.45) is 0 Å². The van der Waals surface area contributed by atoms with E-state index in [4.69, 9.17) is 8.92 Å². The Bertz CT molecular complexity index is 703. The van der Waals surface area contributed by atoms with Gasteiger partial charge >= 0.3 is 10.1 Å². The first-order chi connectivity index (χ1) is 9.42.